The summed E-state index contributed by atoms with van der Waals surface area (Å²) in [5, 5.41) is 0. The normalized spacial score (nSPS) is 11.9. The van der Waals surface area contributed by atoms with Crippen molar-refractivity contribution in [1.29, 1.82) is 0 Å². The van der Waals surface area contributed by atoms with E-state index in [9.17, 15) is 4.79 Å². The molecule has 1 unspecified atom stereocenters. The summed E-state index contributed by atoms with van der Waals surface area (Å²) in [5.41, 5.74) is 3.34. The summed E-state index contributed by atoms with van der Waals surface area (Å²) in [5.74, 6) is 0.836. The molecular formula is C34H52O3. The van der Waals surface area contributed by atoms with Gasteiger partial charge in [0.25, 0.3) is 0 Å². The van der Waals surface area contributed by atoms with Crippen molar-refractivity contribution in [3.63, 3.8) is 0 Å². The van der Waals surface area contributed by atoms with E-state index in [1.165, 1.54) is 77.0 Å². The monoisotopic (exact) mass is 508 g/mol. The summed E-state index contributed by atoms with van der Waals surface area (Å²) in [7, 11) is 0. The predicted molar refractivity (Wildman–Crippen MR) is 157 cm³/mol. The molecule has 206 valence electrons. The maximum Gasteiger partial charge on any atom is 0.306 e. The molecule has 0 radical (unpaired) electrons. The Labute approximate surface area is 227 Å². The Hall–Kier alpha value is -2.29. The number of ether oxygens (including phenoxy) is 2. The van der Waals surface area contributed by atoms with Crippen molar-refractivity contribution >= 4 is 5.97 Å². The summed E-state index contributed by atoms with van der Waals surface area (Å²) in [6.07, 6.45) is 19.4. The zero-order chi connectivity index (χ0) is 26.6. The van der Waals surface area contributed by atoms with Gasteiger partial charge in [0.1, 0.15) is 11.9 Å². The van der Waals surface area contributed by atoms with Crippen LogP contribution in [0, 0.1) is 0 Å². The highest BCUT2D eigenvalue weighted by atomic mass is 16.5. The molecule has 1 atom stereocenters. The van der Waals surface area contributed by atoms with Gasteiger partial charge in [0, 0.05) is 6.42 Å². The van der Waals surface area contributed by atoms with Crippen molar-refractivity contribution < 1.29 is 14.3 Å². The van der Waals surface area contributed by atoms with E-state index in [4.69, 9.17) is 9.47 Å². The Bertz CT molecular complexity index is 825. The quantitative estimate of drug-likeness (QED) is 0.124. The van der Waals surface area contributed by atoms with Gasteiger partial charge in [-0.2, -0.15) is 0 Å². The Morgan fingerprint density at radius 1 is 0.622 bits per heavy atom. The Morgan fingerprint density at radius 3 is 1.62 bits per heavy atom. The molecular weight excluding hydrogens is 456 g/mol. The molecule has 0 amide bonds. The molecule has 0 fully saturated rings. The highest BCUT2D eigenvalue weighted by Gasteiger charge is 2.12. The maximum absolute atomic E-state index is 12.3. The first-order valence-corrected chi connectivity index (χ1v) is 15.2. The van der Waals surface area contributed by atoms with Gasteiger partial charge in [0.15, 0.2) is 0 Å². The lowest BCUT2D eigenvalue weighted by Crippen LogP contribution is -2.08. The fraction of sp³-hybridized carbons (Fsp3) is 0.618. The standard InChI is InChI=1S/C34H52O3/c1-4-6-8-9-10-11-12-13-14-15-16-17-19-34(35)37-29(3)30-20-22-31(23-21-30)32-24-26-33(27-25-32)36-28-18-7-5-2/h20-27,29H,4-19,28H2,1-3H3. The molecule has 3 heteroatoms. The lowest BCUT2D eigenvalue weighted by molar-refractivity contribution is -0.148. The number of esters is 1. The first-order valence-electron chi connectivity index (χ1n) is 15.2. The van der Waals surface area contributed by atoms with Crippen LogP contribution in [0.5, 0.6) is 5.75 Å². The predicted octanol–water partition coefficient (Wildman–Crippen LogP) is 10.6. The fourth-order valence-corrected chi connectivity index (χ4v) is 4.67. The van der Waals surface area contributed by atoms with Gasteiger partial charge < -0.3 is 9.47 Å². The Balaban J connectivity index is 1.59. The van der Waals surface area contributed by atoms with Crippen molar-refractivity contribution in [2.45, 2.75) is 130 Å². The third-order valence-corrected chi connectivity index (χ3v) is 7.13. The molecule has 2 rings (SSSR count). The second-order valence-corrected chi connectivity index (χ2v) is 10.5. The summed E-state index contributed by atoms with van der Waals surface area (Å²) in [4.78, 5) is 12.3. The van der Waals surface area contributed by atoms with Crippen LogP contribution < -0.4 is 4.74 Å². The van der Waals surface area contributed by atoms with E-state index in [0.717, 1.165) is 48.3 Å². The topological polar surface area (TPSA) is 35.5 Å². The van der Waals surface area contributed by atoms with E-state index in [1.807, 2.05) is 19.1 Å². The molecule has 0 spiro atoms. The van der Waals surface area contributed by atoms with Crippen LogP contribution in [0.25, 0.3) is 11.1 Å². The summed E-state index contributed by atoms with van der Waals surface area (Å²) in [6.45, 7) is 7.20. The number of benzene rings is 2. The third kappa shape index (κ3) is 13.7. The second-order valence-electron chi connectivity index (χ2n) is 10.5. The van der Waals surface area contributed by atoms with Crippen LogP contribution in [0.2, 0.25) is 0 Å². The molecule has 0 N–H and O–H groups in total. The first-order chi connectivity index (χ1) is 18.1. The molecule has 37 heavy (non-hydrogen) atoms. The first kappa shape index (κ1) is 30.9. The summed E-state index contributed by atoms with van der Waals surface area (Å²) in [6, 6.07) is 16.6. The minimum atomic E-state index is -0.224. The number of carbonyl (C=O) groups is 1. The van der Waals surface area contributed by atoms with Crippen LogP contribution in [0.4, 0.5) is 0 Å². The molecule has 0 aliphatic rings. The number of hydrogen-bond acceptors (Lipinski definition) is 3. The van der Waals surface area contributed by atoms with E-state index in [1.54, 1.807) is 0 Å². The molecule has 0 saturated heterocycles. The Kier molecular flexibility index (Phi) is 16.5. The second kappa shape index (κ2) is 19.8. The third-order valence-electron chi connectivity index (χ3n) is 7.13. The fourth-order valence-electron chi connectivity index (χ4n) is 4.67. The van der Waals surface area contributed by atoms with Gasteiger partial charge in [-0.1, -0.05) is 134 Å². The molecule has 0 saturated carbocycles. The molecule has 0 aliphatic heterocycles. The molecule has 0 bridgehead atoms. The van der Waals surface area contributed by atoms with Crippen molar-refractivity contribution in [2.24, 2.45) is 0 Å². The van der Waals surface area contributed by atoms with Crippen LogP contribution in [0.1, 0.15) is 135 Å². The van der Waals surface area contributed by atoms with Gasteiger partial charge in [0.2, 0.25) is 0 Å². The Morgan fingerprint density at radius 2 is 1.08 bits per heavy atom. The van der Waals surface area contributed by atoms with E-state index >= 15 is 0 Å². The zero-order valence-electron chi connectivity index (χ0n) is 23.9. The molecule has 0 aromatic heterocycles. The van der Waals surface area contributed by atoms with Crippen LogP contribution in [0.3, 0.4) is 0 Å². The van der Waals surface area contributed by atoms with Gasteiger partial charge in [-0.05, 0) is 48.6 Å². The molecule has 2 aromatic rings. The lowest BCUT2D eigenvalue weighted by Gasteiger charge is -2.14. The number of unbranched alkanes of at least 4 members (excludes halogenated alkanes) is 13. The number of carbonyl (C=O) groups excluding carboxylic acids is 1. The van der Waals surface area contributed by atoms with Crippen molar-refractivity contribution in [2.75, 3.05) is 6.61 Å². The van der Waals surface area contributed by atoms with E-state index in [-0.39, 0.29) is 12.1 Å². The van der Waals surface area contributed by atoms with E-state index in [2.05, 4.69) is 50.2 Å². The highest BCUT2D eigenvalue weighted by molar-refractivity contribution is 5.70. The van der Waals surface area contributed by atoms with E-state index < -0.39 is 0 Å². The molecule has 0 heterocycles. The summed E-state index contributed by atoms with van der Waals surface area (Å²) >= 11 is 0. The van der Waals surface area contributed by atoms with Crippen LogP contribution in [-0.4, -0.2) is 12.6 Å². The highest BCUT2D eigenvalue weighted by Crippen LogP contribution is 2.26. The lowest BCUT2D eigenvalue weighted by atomic mass is 10.0. The van der Waals surface area contributed by atoms with Crippen LogP contribution in [-0.2, 0) is 9.53 Å². The summed E-state index contributed by atoms with van der Waals surface area (Å²) < 4.78 is 11.5. The average molecular weight is 509 g/mol. The van der Waals surface area contributed by atoms with Crippen molar-refractivity contribution in [3.05, 3.63) is 54.1 Å². The number of rotatable bonds is 21. The van der Waals surface area contributed by atoms with Crippen LogP contribution in [0.15, 0.2) is 48.5 Å². The van der Waals surface area contributed by atoms with Gasteiger partial charge in [-0.15, -0.1) is 0 Å². The zero-order valence-corrected chi connectivity index (χ0v) is 23.9. The minimum Gasteiger partial charge on any atom is -0.494 e. The SMILES string of the molecule is CCCCCCCCCCCCCCC(=O)OC(C)c1ccc(-c2ccc(OCCCCC)cc2)cc1. The smallest absolute Gasteiger partial charge is 0.306 e. The molecule has 3 nitrogen and oxygen atoms in total. The van der Waals surface area contributed by atoms with Gasteiger partial charge in [0.05, 0.1) is 6.61 Å². The average Bonchev–Trinajstić information content (AvgIpc) is 2.92. The van der Waals surface area contributed by atoms with Crippen LogP contribution >= 0.6 is 0 Å². The maximum atomic E-state index is 12.3. The largest absolute Gasteiger partial charge is 0.494 e. The van der Waals surface area contributed by atoms with Gasteiger partial charge in [-0.3, -0.25) is 4.79 Å². The minimum absolute atomic E-state index is 0.0850. The van der Waals surface area contributed by atoms with Crippen molar-refractivity contribution in [3.8, 4) is 16.9 Å². The number of hydrogen-bond donors (Lipinski definition) is 0. The molecule has 2 aromatic carbocycles. The van der Waals surface area contributed by atoms with Crippen molar-refractivity contribution in [1.82, 2.24) is 0 Å². The molecule has 0 aliphatic carbocycles. The van der Waals surface area contributed by atoms with Gasteiger partial charge >= 0.3 is 5.97 Å². The van der Waals surface area contributed by atoms with E-state index in [0.29, 0.717) is 6.42 Å². The van der Waals surface area contributed by atoms with Gasteiger partial charge in [-0.25, -0.2) is 0 Å².